The molecule has 4 aromatic rings. The number of aromatic nitrogens is 3. The van der Waals surface area contributed by atoms with Crippen molar-refractivity contribution in [2.75, 3.05) is 17.7 Å². The van der Waals surface area contributed by atoms with Gasteiger partial charge in [0.05, 0.1) is 12.8 Å². The van der Waals surface area contributed by atoms with Gasteiger partial charge in [-0.25, -0.2) is 9.97 Å². The third kappa shape index (κ3) is 4.96. The van der Waals surface area contributed by atoms with Crippen molar-refractivity contribution in [1.29, 1.82) is 0 Å². The third-order valence-electron chi connectivity index (χ3n) is 6.60. The first-order valence-corrected chi connectivity index (χ1v) is 13.2. The molecule has 2 aromatic carbocycles. The molecule has 0 bridgehead atoms. The van der Waals surface area contributed by atoms with E-state index in [0.717, 1.165) is 63.8 Å². The summed E-state index contributed by atoms with van der Waals surface area (Å²) >= 11 is 3.46. The number of halogens is 1. The van der Waals surface area contributed by atoms with Crippen LogP contribution in [0.4, 0.5) is 17.3 Å². The minimum atomic E-state index is -0.268. The molecule has 2 N–H and O–H groups in total. The number of anilines is 3. The van der Waals surface area contributed by atoms with E-state index in [2.05, 4.69) is 50.6 Å². The molecule has 0 saturated heterocycles. The summed E-state index contributed by atoms with van der Waals surface area (Å²) in [7, 11) is 1.61. The number of ether oxygens (including phenoxy) is 1. The highest BCUT2D eigenvalue weighted by Gasteiger charge is 2.28. The van der Waals surface area contributed by atoms with E-state index in [9.17, 15) is 4.79 Å². The highest BCUT2D eigenvalue weighted by Crippen LogP contribution is 2.35. The number of methoxy groups -OCH3 is 1. The summed E-state index contributed by atoms with van der Waals surface area (Å²) < 4.78 is 12.2. The Morgan fingerprint density at radius 1 is 1.14 bits per heavy atom. The van der Waals surface area contributed by atoms with Crippen LogP contribution in [0, 0.1) is 0 Å². The molecule has 2 aromatic heterocycles. The van der Waals surface area contributed by atoms with Crippen LogP contribution in [0.25, 0.3) is 11.5 Å². The highest BCUT2D eigenvalue weighted by atomic mass is 79.9. The molecule has 2 heterocycles. The van der Waals surface area contributed by atoms with Crippen molar-refractivity contribution >= 4 is 39.2 Å². The van der Waals surface area contributed by atoms with Gasteiger partial charge in [-0.1, -0.05) is 53.1 Å². The molecule has 0 spiro atoms. The predicted molar refractivity (Wildman–Crippen MR) is 147 cm³/mol. The van der Waals surface area contributed by atoms with E-state index in [1.807, 2.05) is 36.4 Å². The Bertz CT molecular complexity index is 1440. The summed E-state index contributed by atoms with van der Waals surface area (Å²) in [6.45, 7) is 4.16. The van der Waals surface area contributed by atoms with E-state index in [1.165, 1.54) is 0 Å². The average Bonchev–Trinajstić information content (AvgIpc) is 3.25. The molecule has 5 rings (SSSR count). The maximum atomic E-state index is 13.4. The number of aryl methyl sites for hydroxylation is 3. The van der Waals surface area contributed by atoms with Crippen molar-refractivity contribution in [3.8, 4) is 17.2 Å². The van der Waals surface area contributed by atoms with Crippen molar-refractivity contribution in [3.05, 3.63) is 75.0 Å². The van der Waals surface area contributed by atoms with Gasteiger partial charge < -0.3 is 19.9 Å². The molecule has 8 nitrogen and oxygen atoms in total. The number of amides is 1. The lowest BCUT2D eigenvalue weighted by atomic mass is 10.0. The Hall–Kier alpha value is -3.72. The fourth-order valence-corrected chi connectivity index (χ4v) is 5.01. The molecule has 9 heteroatoms. The van der Waals surface area contributed by atoms with Gasteiger partial charge in [-0.3, -0.25) is 4.79 Å². The second kappa shape index (κ2) is 10.7. The number of rotatable bonds is 7. The van der Waals surface area contributed by atoms with Gasteiger partial charge in [0.25, 0.3) is 5.91 Å². The zero-order chi connectivity index (χ0) is 25.9. The second-order valence-corrected chi connectivity index (χ2v) is 9.76. The first kappa shape index (κ1) is 25.0. The van der Waals surface area contributed by atoms with E-state index in [4.69, 9.17) is 14.2 Å². The number of carbonyl (C=O) groups is 1. The molecular weight excluding hydrogens is 534 g/mol. The second-order valence-electron chi connectivity index (χ2n) is 8.84. The number of hydrogen-bond donors (Lipinski definition) is 2. The van der Waals surface area contributed by atoms with Crippen molar-refractivity contribution in [2.24, 2.45) is 0 Å². The first-order chi connectivity index (χ1) is 18.0. The van der Waals surface area contributed by atoms with Gasteiger partial charge in [-0.2, -0.15) is 0 Å². The van der Waals surface area contributed by atoms with Gasteiger partial charge in [-0.15, -0.1) is 0 Å². The number of benzene rings is 2. The molecule has 190 valence electrons. The molecule has 1 aliphatic carbocycles. The van der Waals surface area contributed by atoms with Crippen molar-refractivity contribution in [2.45, 2.75) is 46.0 Å². The van der Waals surface area contributed by atoms with Gasteiger partial charge >= 0.3 is 0 Å². The number of carbonyl (C=O) groups excluding carboxylic acids is 1. The molecule has 37 heavy (non-hydrogen) atoms. The van der Waals surface area contributed by atoms with E-state index in [1.54, 1.807) is 13.3 Å². The lowest BCUT2D eigenvalue weighted by Gasteiger charge is -2.14. The lowest BCUT2D eigenvalue weighted by Crippen LogP contribution is -2.17. The van der Waals surface area contributed by atoms with E-state index in [0.29, 0.717) is 35.3 Å². The van der Waals surface area contributed by atoms with Crippen molar-refractivity contribution in [1.82, 2.24) is 15.1 Å². The molecule has 1 amide bonds. The Morgan fingerprint density at radius 3 is 2.65 bits per heavy atom. The smallest absolute Gasteiger partial charge is 0.278 e. The van der Waals surface area contributed by atoms with Crippen LogP contribution in [0.5, 0.6) is 5.75 Å². The van der Waals surface area contributed by atoms with Crippen LogP contribution in [0.1, 0.15) is 53.0 Å². The van der Waals surface area contributed by atoms with Crippen LogP contribution in [0.2, 0.25) is 0 Å². The maximum absolute atomic E-state index is 13.4. The fraction of sp³-hybridized carbons (Fsp3) is 0.286. The van der Waals surface area contributed by atoms with E-state index >= 15 is 0 Å². The average molecular weight is 562 g/mol. The summed E-state index contributed by atoms with van der Waals surface area (Å²) in [6.07, 6.45) is 5.73. The highest BCUT2D eigenvalue weighted by molar-refractivity contribution is 9.10. The molecule has 1 aliphatic rings. The molecule has 0 unspecified atom stereocenters. The third-order valence-corrected chi connectivity index (χ3v) is 7.10. The Morgan fingerprint density at radius 2 is 1.92 bits per heavy atom. The van der Waals surface area contributed by atoms with Gasteiger partial charge in [0, 0.05) is 27.5 Å². The van der Waals surface area contributed by atoms with Gasteiger partial charge in [0.2, 0.25) is 5.95 Å². The zero-order valence-corrected chi connectivity index (χ0v) is 22.6. The van der Waals surface area contributed by atoms with Crippen LogP contribution in [-0.4, -0.2) is 28.1 Å². The van der Waals surface area contributed by atoms with Crippen molar-refractivity contribution < 1.29 is 14.1 Å². The van der Waals surface area contributed by atoms with Crippen LogP contribution < -0.4 is 15.4 Å². The van der Waals surface area contributed by atoms with E-state index < -0.39 is 0 Å². The lowest BCUT2D eigenvalue weighted by molar-refractivity contribution is 0.101. The largest absolute Gasteiger partial charge is 0.495 e. The standard InChI is InChI=1S/C28H28BrN5O3/c1-4-16-8-6-9-17(5-2)23(16)32-27(35)25-20-11-7-10-18-15-30-28(33-24(18)26(20)37-34-25)31-21-13-12-19(29)14-22(21)36-3/h6,8-9,12-15H,4-5,7,10-11H2,1-3H3,(H,32,35)(H,30,31,33). The summed E-state index contributed by atoms with van der Waals surface area (Å²) in [6, 6.07) is 11.8. The number of hydrogen-bond acceptors (Lipinski definition) is 7. The predicted octanol–water partition coefficient (Wildman–Crippen LogP) is 6.51. The number of fused-ring (bicyclic) bond motifs is 3. The van der Waals surface area contributed by atoms with Crippen LogP contribution in [-0.2, 0) is 25.7 Å². The molecule has 0 aliphatic heterocycles. The normalized spacial score (nSPS) is 12.3. The van der Waals surface area contributed by atoms with E-state index in [-0.39, 0.29) is 5.91 Å². The minimum Gasteiger partial charge on any atom is -0.495 e. The van der Waals surface area contributed by atoms with Gasteiger partial charge in [-0.05, 0) is 61.4 Å². The summed E-state index contributed by atoms with van der Waals surface area (Å²) in [5.41, 5.74) is 6.47. The number of para-hydroxylation sites is 1. The van der Waals surface area contributed by atoms with Crippen molar-refractivity contribution in [3.63, 3.8) is 0 Å². The molecule has 0 saturated carbocycles. The molecular formula is C28H28BrN5O3. The van der Waals surface area contributed by atoms with Gasteiger partial charge in [0.15, 0.2) is 11.5 Å². The van der Waals surface area contributed by atoms with Crippen LogP contribution in [0.3, 0.4) is 0 Å². The zero-order valence-electron chi connectivity index (χ0n) is 21.0. The quantitative estimate of drug-likeness (QED) is 0.265. The number of nitrogens with zero attached hydrogens (tertiary/aromatic N) is 3. The van der Waals surface area contributed by atoms with Crippen LogP contribution >= 0.6 is 15.9 Å². The number of nitrogens with one attached hydrogen (secondary N) is 2. The fourth-order valence-electron chi connectivity index (χ4n) is 4.67. The summed E-state index contributed by atoms with van der Waals surface area (Å²) in [5, 5.41) is 10.5. The summed E-state index contributed by atoms with van der Waals surface area (Å²) in [4.78, 5) is 22.7. The topological polar surface area (TPSA) is 102 Å². The molecule has 0 atom stereocenters. The summed E-state index contributed by atoms with van der Waals surface area (Å²) in [5.74, 6) is 1.31. The monoisotopic (exact) mass is 561 g/mol. The molecule has 0 fully saturated rings. The minimum absolute atomic E-state index is 0.268. The van der Waals surface area contributed by atoms with Crippen LogP contribution in [0.15, 0.2) is 51.6 Å². The Labute approximate surface area is 224 Å². The van der Waals surface area contributed by atoms with Gasteiger partial charge in [0.1, 0.15) is 11.4 Å². The Kier molecular flexibility index (Phi) is 7.23. The maximum Gasteiger partial charge on any atom is 0.278 e. The Balaban J connectivity index is 1.48. The SMILES string of the molecule is CCc1cccc(CC)c1NC(=O)c1noc2c1CCCc1cnc(Nc3ccc(Br)cc3OC)nc1-2. The molecule has 0 radical (unpaired) electrons. The first-order valence-electron chi connectivity index (χ1n) is 12.4.